The number of pyridine rings is 1. The molecule has 0 unspecified atom stereocenters. The number of anilines is 1. The molecule has 0 spiro atoms. The van der Waals surface area contributed by atoms with Crippen molar-refractivity contribution in [3.05, 3.63) is 96.1 Å². The lowest BCUT2D eigenvalue weighted by molar-refractivity contribution is 0.102. The highest BCUT2D eigenvalue weighted by molar-refractivity contribution is 6.05. The van der Waals surface area contributed by atoms with Crippen LogP contribution in [0.4, 0.5) is 5.69 Å². The Bertz CT molecular complexity index is 1080. The first kappa shape index (κ1) is 17.7. The van der Waals surface area contributed by atoms with E-state index in [1.807, 2.05) is 73.1 Å². The molecule has 4 aromatic rings. The van der Waals surface area contributed by atoms with Gasteiger partial charge < -0.3 is 14.5 Å². The molecule has 0 saturated heterocycles. The number of carbonyl (C=O) groups excluding carboxylic acids is 1. The van der Waals surface area contributed by atoms with Crippen molar-refractivity contribution < 1.29 is 4.79 Å². The normalized spacial score (nSPS) is 10.8. The van der Waals surface area contributed by atoms with Crippen LogP contribution in [0.15, 0.2) is 73.4 Å². The Morgan fingerprint density at radius 2 is 1.89 bits per heavy atom. The minimum Gasteiger partial charge on any atom is -0.342 e. The lowest BCUT2D eigenvalue weighted by atomic mass is 10.2. The summed E-state index contributed by atoms with van der Waals surface area (Å²) >= 11 is 0. The van der Waals surface area contributed by atoms with Gasteiger partial charge in [0, 0.05) is 41.4 Å². The number of nitrogens with one attached hydrogen (secondary N) is 1. The summed E-state index contributed by atoms with van der Waals surface area (Å²) in [4.78, 5) is 21.2. The molecule has 0 bridgehead atoms. The summed E-state index contributed by atoms with van der Waals surface area (Å²) in [5, 5.41) is 2.98. The second-order valence-electron chi connectivity index (χ2n) is 6.66. The predicted molar refractivity (Wildman–Crippen MR) is 109 cm³/mol. The highest BCUT2D eigenvalue weighted by Gasteiger charge is 2.16. The number of nitrogens with zero attached hydrogens (tertiary/aromatic N) is 4. The van der Waals surface area contributed by atoms with E-state index >= 15 is 0 Å². The van der Waals surface area contributed by atoms with Crippen molar-refractivity contribution in [2.24, 2.45) is 0 Å². The fourth-order valence-corrected chi connectivity index (χ4v) is 3.26. The summed E-state index contributed by atoms with van der Waals surface area (Å²) in [6.07, 6.45) is 7.13. The number of hydrogen-bond acceptors (Lipinski definition) is 3. The molecule has 1 amide bonds. The van der Waals surface area contributed by atoms with E-state index in [1.54, 1.807) is 18.7 Å². The number of imidazole rings is 1. The van der Waals surface area contributed by atoms with Crippen LogP contribution in [0.25, 0.3) is 5.69 Å². The van der Waals surface area contributed by atoms with Crippen molar-refractivity contribution in [3.8, 4) is 5.69 Å². The third-order valence-electron chi connectivity index (χ3n) is 4.79. The Morgan fingerprint density at radius 3 is 2.57 bits per heavy atom. The number of amides is 1. The number of benzene rings is 1. The Hall–Kier alpha value is -3.67. The molecule has 0 saturated carbocycles. The van der Waals surface area contributed by atoms with E-state index in [4.69, 9.17) is 0 Å². The molecule has 0 aliphatic carbocycles. The molecule has 6 heteroatoms. The van der Waals surface area contributed by atoms with Gasteiger partial charge in [0.2, 0.25) is 0 Å². The molecular formula is C22H21N5O. The van der Waals surface area contributed by atoms with Gasteiger partial charge in [0.05, 0.1) is 24.1 Å². The number of aryl methyl sites for hydroxylation is 1. The van der Waals surface area contributed by atoms with Crippen LogP contribution < -0.4 is 5.32 Å². The van der Waals surface area contributed by atoms with Gasteiger partial charge in [0.1, 0.15) is 0 Å². The SMILES string of the molecule is Cc1cc(C(=O)Nc2ccc(-n3ccnc3)cc2)c(C)n1Cc1ccccn1. The highest BCUT2D eigenvalue weighted by atomic mass is 16.1. The summed E-state index contributed by atoms with van der Waals surface area (Å²) in [7, 11) is 0. The summed E-state index contributed by atoms with van der Waals surface area (Å²) in [5.74, 6) is -0.115. The van der Waals surface area contributed by atoms with E-state index in [0.29, 0.717) is 12.1 Å². The smallest absolute Gasteiger partial charge is 0.257 e. The maximum Gasteiger partial charge on any atom is 0.257 e. The van der Waals surface area contributed by atoms with Crippen LogP contribution in [-0.4, -0.2) is 25.0 Å². The van der Waals surface area contributed by atoms with E-state index < -0.39 is 0 Å². The molecule has 6 nitrogen and oxygen atoms in total. The second-order valence-corrected chi connectivity index (χ2v) is 6.66. The van der Waals surface area contributed by atoms with Crippen LogP contribution in [0.5, 0.6) is 0 Å². The molecule has 0 radical (unpaired) electrons. The largest absolute Gasteiger partial charge is 0.342 e. The van der Waals surface area contributed by atoms with Crippen molar-refractivity contribution in [1.82, 2.24) is 19.1 Å². The molecule has 4 rings (SSSR count). The van der Waals surface area contributed by atoms with Crippen molar-refractivity contribution in [1.29, 1.82) is 0 Å². The Labute approximate surface area is 163 Å². The molecule has 0 aliphatic heterocycles. The van der Waals surface area contributed by atoms with Gasteiger partial charge in [-0.3, -0.25) is 9.78 Å². The van der Waals surface area contributed by atoms with Crippen LogP contribution in [0.1, 0.15) is 27.4 Å². The molecule has 0 atom stereocenters. The zero-order valence-corrected chi connectivity index (χ0v) is 15.8. The lowest BCUT2D eigenvalue weighted by Gasteiger charge is -2.10. The van der Waals surface area contributed by atoms with Crippen LogP contribution in [-0.2, 0) is 6.54 Å². The van der Waals surface area contributed by atoms with Gasteiger partial charge in [-0.1, -0.05) is 6.07 Å². The topological polar surface area (TPSA) is 64.7 Å². The Kier molecular flexibility index (Phi) is 4.76. The van der Waals surface area contributed by atoms with Gasteiger partial charge in [-0.2, -0.15) is 0 Å². The minimum atomic E-state index is -0.115. The zero-order chi connectivity index (χ0) is 19.5. The first-order valence-electron chi connectivity index (χ1n) is 9.08. The molecule has 3 aromatic heterocycles. The average Bonchev–Trinajstić information content (AvgIpc) is 3.34. The van der Waals surface area contributed by atoms with E-state index in [-0.39, 0.29) is 5.91 Å². The monoisotopic (exact) mass is 371 g/mol. The van der Waals surface area contributed by atoms with Crippen LogP contribution in [0, 0.1) is 13.8 Å². The quantitative estimate of drug-likeness (QED) is 0.577. The van der Waals surface area contributed by atoms with Gasteiger partial charge in [-0.05, 0) is 56.3 Å². The first-order valence-corrected chi connectivity index (χ1v) is 9.08. The molecule has 140 valence electrons. The Morgan fingerprint density at radius 1 is 1.07 bits per heavy atom. The van der Waals surface area contributed by atoms with E-state index in [1.165, 1.54) is 0 Å². The first-order chi connectivity index (χ1) is 13.6. The fourth-order valence-electron chi connectivity index (χ4n) is 3.26. The van der Waals surface area contributed by atoms with Gasteiger partial charge >= 0.3 is 0 Å². The third kappa shape index (κ3) is 3.57. The fraction of sp³-hybridized carbons (Fsp3) is 0.136. The van der Waals surface area contributed by atoms with Gasteiger partial charge in [-0.15, -0.1) is 0 Å². The second kappa shape index (κ2) is 7.52. The number of rotatable bonds is 5. The van der Waals surface area contributed by atoms with Crippen LogP contribution >= 0.6 is 0 Å². The van der Waals surface area contributed by atoms with Crippen molar-refractivity contribution >= 4 is 11.6 Å². The van der Waals surface area contributed by atoms with Crippen molar-refractivity contribution in [2.45, 2.75) is 20.4 Å². The van der Waals surface area contributed by atoms with E-state index in [9.17, 15) is 4.79 Å². The van der Waals surface area contributed by atoms with Crippen molar-refractivity contribution in [2.75, 3.05) is 5.32 Å². The van der Waals surface area contributed by atoms with Crippen LogP contribution in [0.3, 0.4) is 0 Å². The molecule has 1 N–H and O–H groups in total. The van der Waals surface area contributed by atoms with Gasteiger partial charge in [-0.25, -0.2) is 4.98 Å². The van der Waals surface area contributed by atoms with Gasteiger partial charge in [0.25, 0.3) is 5.91 Å². The van der Waals surface area contributed by atoms with Crippen molar-refractivity contribution in [3.63, 3.8) is 0 Å². The maximum absolute atomic E-state index is 12.8. The molecule has 0 fully saturated rings. The molecule has 1 aromatic carbocycles. The highest BCUT2D eigenvalue weighted by Crippen LogP contribution is 2.19. The third-order valence-corrected chi connectivity index (χ3v) is 4.79. The predicted octanol–water partition coefficient (Wildman–Crippen LogP) is 3.99. The summed E-state index contributed by atoms with van der Waals surface area (Å²) < 4.78 is 4.02. The molecule has 0 aliphatic rings. The number of aromatic nitrogens is 4. The van der Waals surface area contributed by atoms with E-state index in [2.05, 4.69) is 19.9 Å². The molecule has 3 heterocycles. The zero-order valence-electron chi connectivity index (χ0n) is 15.8. The lowest BCUT2D eigenvalue weighted by Crippen LogP contribution is -2.13. The Balaban J connectivity index is 1.51. The summed E-state index contributed by atoms with van der Waals surface area (Å²) in [6.45, 7) is 4.62. The maximum atomic E-state index is 12.8. The number of hydrogen-bond donors (Lipinski definition) is 1. The average molecular weight is 371 g/mol. The summed E-state index contributed by atoms with van der Waals surface area (Å²) in [6, 6.07) is 15.4. The van der Waals surface area contributed by atoms with E-state index in [0.717, 1.165) is 28.5 Å². The van der Waals surface area contributed by atoms with Crippen LogP contribution in [0.2, 0.25) is 0 Å². The molecule has 28 heavy (non-hydrogen) atoms. The number of carbonyl (C=O) groups is 1. The standard InChI is InChI=1S/C22H21N5O/c1-16-13-21(17(2)27(16)14-19-5-3-4-10-24-19)22(28)25-18-6-8-20(9-7-18)26-12-11-23-15-26/h3-13,15H,14H2,1-2H3,(H,25,28). The molecular weight excluding hydrogens is 350 g/mol. The van der Waals surface area contributed by atoms with Gasteiger partial charge in [0.15, 0.2) is 0 Å². The summed E-state index contributed by atoms with van der Waals surface area (Å²) in [5.41, 5.74) is 5.34. The minimum absolute atomic E-state index is 0.115.